The zero-order valence-corrected chi connectivity index (χ0v) is 9.94. The number of anilines is 1. The van der Waals surface area contributed by atoms with E-state index in [-0.39, 0.29) is 5.78 Å². The Morgan fingerprint density at radius 3 is 2.88 bits per heavy atom. The number of rotatable bonds is 4. The molecule has 3 nitrogen and oxygen atoms in total. The minimum Gasteiger partial charge on any atom is -0.398 e. The SMILES string of the molecule is CCCCC(=O)c1cc(N)c2ccccc2n1. The Hall–Kier alpha value is -1.90. The molecule has 0 unspecified atom stereocenters. The monoisotopic (exact) mass is 228 g/mol. The van der Waals surface area contributed by atoms with Gasteiger partial charge >= 0.3 is 0 Å². The number of nitrogen functional groups attached to an aromatic ring is 1. The number of unbranched alkanes of at least 4 members (excludes halogenated alkanes) is 1. The van der Waals surface area contributed by atoms with Gasteiger partial charge in [0.1, 0.15) is 5.69 Å². The molecular weight excluding hydrogens is 212 g/mol. The molecule has 0 saturated heterocycles. The van der Waals surface area contributed by atoms with Gasteiger partial charge in [0.15, 0.2) is 5.78 Å². The highest BCUT2D eigenvalue weighted by Crippen LogP contribution is 2.20. The second-order valence-electron chi connectivity index (χ2n) is 4.14. The summed E-state index contributed by atoms with van der Waals surface area (Å²) >= 11 is 0. The second kappa shape index (κ2) is 4.95. The molecular formula is C14H16N2O. The summed E-state index contributed by atoms with van der Waals surface area (Å²) < 4.78 is 0. The summed E-state index contributed by atoms with van der Waals surface area (Å²) in [4.78, 5) is 16.2. The van der Waals surface area contributed by atoms with Gasteiger partial charge in [0.25, 0.3) is 0 Å². The first kappa shape index (κ1) is 11.6. The van der Waals surface area contributed by atoms with Gasteiger partial charge in [-0.15, -0.1) is 0 Å². The van der Waals surface area contributed by atoms with Crippen molar-refractivity contribution in [2.75, 3.05) is 5.73 Å². The van der Waals surface area contributed by atoms with Crippen molar-refractivity contribution in [2.24, 2.45) is 0 Å². The summed E-state index contributed by atoms with van der Waals surface area (Å²) in [5, 5.41) is 0.902. The van der Waals surface area contributed by atoms with Gasteiger partial charge in [0, 0.05) is 17.5 Å². The Labute approximate surface area is 101 Å². The van der Waals surface area contributed by atoms with Crippen molar-refractivity contribution in [2.45, 2.75) is 26.2 Å². The van der Waals surface area contributed by atoms with Crippen molar-refractivity contribution < 1.29 is 4.79 Å². The Morgan fingerprint density at radius 2 is 2.12 bits per heavy atom. The van der Waals surface area contributed by atoms with Crippen molar-refractivity contribution in [3.8, 4) is 0 Å². The van der Waals surface area contributed by atoms with Crippen molar-refractivity contribution in [1.29, 1.82) is 0 Å². The lowest BCUT2D eigenvalue weighted by Crippen LogP contribution is -2.04. The molecule has 0 atom stereocenters. The molecule has 0 bridgehead atoms. The molecule has 0 aliphatic heterocycles. The van der Waals surface area contributed by atoms with Gasteiger partial charge in [0.2, 0.25) is 0 Å². The molecule has 88 valence electrons. The summed E-state index contributed by atoms with van der Waals surface area (Å²) in [6.07, 6.45) is 2.45. The zero-order valence-electron chi connectivity index (χ0n) is 9.94. The van der Waals surface area contributed by atoms with Crippen LogP contribution in [0.5, 0.6) is 0 Å². The highest BCUT2D eigenvalue weighted by molar-refractivity contribution is 6.00. The highest BCUT2D eigenvalue weighted by atomic mass is 16.1. The number of carbonyl (C=O) groups excluding carboxylic acids is 1. The van der Waals surface area contributed by atoms with E-state index in [1.165, 1.54) is 0 Å². The van der Waals surface area contributed by atoms with E-state index in [0.717, 1.165) is 23.7 Å². The maximum Gasteiger partial charge on any atom is 0.181 e. The van der Waals surface area contributed by atoms with Gasteiger partial charge in [-0.3, -0.25) is 4.79 Å². The predicted octanol–water partition coefficient (Wildman–Crippen LogP) is 3.19. The van der Waals surface area contributed by atoms with Gasteiger partial charge in [0.05, 0.1) is 5.52 Å². The van der Waals surface area contributed by atoms with Crippen LogP contribution < -0.4 is 5.73 Å². The number of carbonyl (C=O) groups is 1. The molecule has 1 heterocycles. The number of aromatic nitrogens is 1. The number of para-hydroxylation sites is 1. The van der Waals surface area contributed by atoms with E-state index in [9.17, 15) is 4.79 Å². The quantitative estimate of drug-likeness (QED) is 0.817. The Morgan fingerprint density at radius 1 is 1.35 bits per heavy atom. The number of Topliss-reactive ketones (excluding diaryl/α,β-unsaturated/α-hetero) is 1. The van der Waals surface area contributed by atoms with E-state index in [0.29, 0.717) is 17.8 Å². The molecule has 0 spiro atoms. The summed E-state index contributed by atoms with van der Waals surface area (Å²) in [5.41, 5.74) is 7.82. The van der Waals surface area contributed by atoms with Crippen molar-refractivity contribution in [3.63, 3.8) is 0 Å². The van der Waals surface area contributed by atoms with E-state index in [4.69, 9.17) is 5.73 Å². The minimum atomic E-state index is 0.0734. The van der Waals surface area contributed by atoms with Crippen LogP contribution in [0.3, 0.4) is 0 Å². The fourth-order valence-electron chi connectivity index (χ4n) is 1.81. The van der Waals surface area contributed by atoms with Crippen molar-refractivity contribution >= 4 is 22.4 Å². The Bertz CT molecular complexity index is 549. The van der Waals surface area contributed by atoms with Crippen LogP contribution in [0.25, 0.3) is 10.9 Å². The zero-order chi connectivity index (χ0) is 12.3. The van der Waals surface area contributed by atoms with Gasteiger partial charge in [-0.05, 0) is 18.6 Å². The minimum absolute atomic E-state index is 0.0734. The maximum absolute atomic E-state index is 11.9. The predicted molar refractivity (Wildman–Crippen MR) is 70.0 cm³/mol. The van der Waals surface area contributed by atoms with Crippen molar-refractivity contribution in [3.05, 3.63) is 36.0 Å². The molecule has 0 radical (unpaired) electrons. The third-order valence-corrected chi connectivity index (χ3v) is 2.79. The van der Waals surface area contributed by atoms with E-state index < -0.39 is 0 Å². The van der Waals surface area contributed by atoms with E-state index >= 15 is 0 Å². The van der Waals surface area contributed by atoms with Crippen LogP contribution in [0.15, 0.2) is 30.3 Å². The standard InChI is InChI=1S/C14H16N2O/c1-2-3-8-14(17)13-9-11(15)10-6-4-5-7-12(10)16-13/h4-7,9H,2-3,8H2,1H3,(H2,15,16). The smallest absolute Gasteiger partial charge is 0.181 e. The fourth-order valence-corrected chi connectivity index (χ4v) is 1.81. The molecule has 2 aromatic rings. The van der Waals surface area contributed by atoms with E-state index in [1.54, 1.807) is 6.07 Å². The molecule has 0 aliphatic rings. The average molecular weight is 228 g/mol. The molecule has 1 aromatic carbocycles. The van der Waals surface area contributed by atoms with Crippen LogP contribution in [0.1, 0.15) is 36.7 Å². The molecule has 1 aromatic heterocycles. The molecule has 3 heteroatoms. The van der Waals surface area contributed by atoms with Gasteiger partial charge in [-0.1, -0.05) is 31.5 Å². The molecule has 17 heavy (non-hydrogen) atoms. The van der Waals surface area contributed by atoms with Crippen LogP contribution in [-0.2, 0) is 0 Å². The molecule has 0 saturated carbocycles. The molecule has 2 rings (SSSR count). The van der Waals surface area contributed by atoms with E-state index in [2.05, 4.69) is 11.9 Å². The van der Waals surface area contributed by atoms with Crippen molar-refractivity contribution in [1.82, 2.24) is 4.98 Å². The molecule has 0 amide bonds. The number of fused-ring (bicyclic) bond motifs is 1. The van der Waals surface area contributed by atoms with Crippen LogP contribution in [0.2, 0.25) is 0 Å². The first-order valence-corrected chi connectivity index (χ1v) is 5.91. The third-order valence-electron chi connectivity index (χ3n) is 2.79. The maximum atomic E-state index is 11.9. The van der Waals surface area contributed by atoms with Crippen LogP contribution in [0, 0.1) is 0 Å². The van der Waals surface area contributed by atoms with E-state index in [1.807, 2.05) is 24.3 Å². The number of benzene rings is 1. The summed E-state index contributed by atoms with van der Waals surface area (Å²) in [6, 6.07) is 9.29. The molecule has 2 N–H and O–H groups in total. The largest absolute Gasteiger partial charge is 0.398 e. The number of ketones is 1. The number of hydrogen-bond donors (Lipinski definition) is 1. The number of nitrogens with zero attached hydrogens (tertiary/aromatic N) is 1. The van der Waals surface area contributed by atoms with Gasteiger partial charge in [-0.25, -0.2) is 4.98 Å². The number of hydrogen-bond acceptors (Lipinski definition) is 3. The first-order chi connectivity index (χ1) is 8.22. The number of pyridine rings is 1. The average Bonchev–Trinajstić information content (AvgIpc) is 2.36. The number of nitrogens with two attached hydrogens (primary N) is 1. The second-order valence-corrected chi connectivity index (χ2v) is 4.14. The lowest BCUT2D eigenvalue weighted by molar-refractivity contribution is 0.0975. The molecule has 0 fully saturated rings. The van der Waals surface area contributed by atoms with Crippen LogP contribution in [-0.4, -0.2) is 10.8 Å². The van der Waals surface area contributed by atoms with Gasteiger partial charge in [-0.2, -0.15) is 0 Å². The lowest BCUT2D eigenvalue weighted by atomic mass is 10.1. The summed E-state index contributed by atoms with van der Waals surface area (Å²) in [6.45, 7) is 2.06. The summed E-state index contributed by atoms with van der Waals surface area (Å²) in [5.74, 6) is 0.0734. The third kappa shape index (κ3) is 2.44. The first-order valence-electron chi connectivity index (χ1n) is 5.91. The highest BCUT2D eigenvalue weighted by Gasteiger charge is 2.09. The summed E-state index contributed by atoms with van der Waals surface area (Å²) in [7, 11) is 0. The normalized spacial score (nSPS) is 10.6. The van der Waals surface area contributed by atoms with Crippen LogP contribution in [0.4, 0.5) is 5.69 Å². The Kier molecular flexibility index (Phi) is 3.38. The lowest BCUT2D eigenvalue weighted by Gasteiger charge is -2.05. The molecule has 0 aliphatic carbocycles. The topological polar surface area (TPSA) is 56.0 Å². The Balaban J connectivity index is 2.39. The van der Waals surface area contributed by atoms with Crippen LogP contribution >= 0.6 is 0 Å². The van der Waals surface area contributed by atoms with Gasteiger partial charge < -0.3 is 5.73 Å². The fraction of sp³-hybridized carbons (Fsp3) is 0.286.